The molecule has 4 nitrogen and oxygen atoms in total. The van der Waals surface area contributed by atoms with Gasteiger partial charge in [-0.2, -0.15) is 5.26 Å². The number of ether oxygens (including phenoxy) is 1. The molecule has 1 aromatic carbocycles. The molecule has 1 aromatic heterocycles. The number of carbonyl (C=O) groups is 1. The largest absolute Gasteiger partial charge is 0.461 e. The number of nitriles is 1. The van der Waals surface area contributed by atoms with Crippen molar-refractivity contribution in [2.24, 2.45) is 0 Å². The first-order chi connectivity index (χ1) is 8.74. The highest BCUT2D eigenvalue weighted by atomic mass is 32.1. The Hall–Kier alpha value is -2.19. The van der Waals surface area contributed by atoms with Gasteiger partial charge in [-0.3, -0.25) is 0 Å². The molecule has 18 heavy (non-hydrogen) atoms. The summed E-state index contributed by atoms with van der Waals surface area (Å²) in [5, 5.41) is 11.1. The Morgan fingerprint density at radius 1 is 1.44 bits per heavy atom. The van der Waals surface area contributed by atoms with Crippen molar-refractivity contribution in [1.29, 1.82) is 5.26 Å². The number of hydrogen-bond acceptors (Lipinski definition) is 5. The van der Waals surface area contributed by atoms with Crippen LogP contribution in [0.3, 0.4) is 0 Å². The number of thiazole rings is 1. The van der Waals surface area contributed by atoms with Crippen molar-refractivity contribution in [3.05, 3.63) is 40.9 Å². The Labute approximate surface area is 108 Å². The maximum Gasteiger partial charge on any atom is 0.357 e. The van der Waals surface area contributed by atoms with E-state index >= 15 is 0 Å². The van der Waals surface area contributed by atoms with Gasteiger partial charge in [0.1, 0.15) is 5.01 Å². The van der Waals surface area contributed by atoms with Gasteiger partial charge in [0, 0.05) is 10.9 Å². The lowest BCUT2D eigenvalue weighted by Crippen LogP contribution is -2.04. The van der Waals surface area contributed by atoms with E-state index in [1.165, 1.54) is 11.3 Å². The summed E-state index contributed by atoms with van der Waals surface area (Å²) in [6, 6.07) is 9.12. The lowest BCUT2D eigenvalue weighted by atomic mass is 10.1. The van der Waals surface area contributed by atoms with Crippen LogP contribution in [0.25, 0.3) is 10.6 Å². The quantitative estimate of drug-likeness (QED) is 0.794. The minimum Gasteiger partial charge on any atom is -0.461 e. The van der Waals surface area contributed by atoms with Gasteiger partial charge in [0.2, 0.25) is 0 Å². The number of esters is 1. The predicted molar refractivity (Wildman–Crippen MR) is 68.2 cm³/mol. The van der Waals surface area contributed by atoms with Gasteiger partial charge in [-0.1, -0.05) is 12.1 Å². The highest BCUT2D eigenvalue weighted by molar-refractivity contribution is 7.13. The zero-order valence-corrected chi connectivity index (χ0v) is 10.5. The summed E-state index contributed by atoms with van der Waals surface area (Å²) in [6.07, 6.45) is 0. The number of hydrogen-bond donors (Lipinski definition) is 0. The van der Waals surface area contributed by atoms with Gasteiger partial charge in [-0.15, -0.1) is 11.3 Å². The van der Waals surface area contributed by atoms with Gasteiger partial charge in [0.05, 0.1) is 18.2 Å². The molecule has 0 saturated carbocycles. The highest BCUT2D eigenvalue weighted by Gasteiger charge is 2.12. The number of benzene rings is 1. The summed E-state index contributed by atoms with van der Waals surface area (Å²) in [5.41, 5.74) is 1.80. The standard InChI is InChI=1S/C13H10N2O2S/c1-2-17-13(16)11-8-18-12(15-11)10-5-3-9(7-14)4-6-10/h3-6,8H,2H2,1H3. The van der Waals surface area contributed by atoms with Crippen molar-refractivity contribution in [1.82, 2.24) is 4.98 Å². The van der Waals surface area contributed by atoms with Gasteiger partial charge in [0.25, 0.3) is 0 Å². The van der Waals surface area contributed by atoms with Crippen LogP contribution in [-0.4, -0.2) is 17.6 Å². The van der Waals surface area contributed by atoms with Crippen LogP contribution in [0.15, 0.2) is 29.6 Å². The molecule has 0 spiro atoms. The SMILES string of the molecule is CCOC(=O)c1csc(-c2ccc(C#N)cc2)n1. The van der Waals surface area contributed by atoms with Crippen LogP contribution in [0, 0.1) is 11.3 Å². The Morgan fingerprint density at radius 3 is 2.78 bits per heavy atom. The minimum absolute atomic E-state index is 0.321. The summed E-state index contributed by atoms with van der Waals surface area (Å²) in [6.45, 7) is 2.09. The van der Waals surface area contributed by atoms with E-state index in [-0.39, 0.29) is 0 Å². The van der Waals surface area contributed by atoms with Crippen LogP contribution in [0.1, 0.15) is 23.0 Å². The molecule has 0 aliphatic rings. The lowest BCUT2D eigenvalue weighted by Gasteiger charge is -1.97. The highest BCUT2D eigenvalue weighted by Crippen LogP contribution is 2.24. The molecule has 0 N–H and O–H groups in total. The molecule has 0 bridgehead atoms. The van der Waals surface area contributed by atoms with E-state index in [1.54, 1.807) is 24.4 Å². The summed E-state index contributed by atoms with van der Waals surface area (Å²) < 4.78 is 4.88. The van der Waals surface area contributed by atoms with Crippen molar-refractivity contribution >= 4 is 17.3 Å². The first-order valence-corrected chi connectivity index (χ1v) is 6.25. The summed E-state index contributed by atoms with van der Waals surface area (Å²) in [7, 11) is 0. The fourth-order valence-electron chi connectivity index (χ4n) is 1.39. The van der Waals surface area contributed by atoms with Gasteiger partial charge >= 0.3 is 5.97 Å². The van der Waals surface area contributed by atoms with Crippen molar-refractivity contribution in [3.8, 4) is 16.6 Å². The summed E-state index contributed by atoms with van der Waals surface area (Å²) >= 11 is 1.38. The molecule has 0 aliphatic heterocycles. The summed E-state index contributed by atoms with van der Waals surface area (Å²) in [4.78, 5) is 15.7. The second kappa shape index (κ2) is 5.43. The Morgan fingerprint density at radius 2 is 2.17 bits per heavy atom. The molecule has 0 amide bonds. The number of aromatic nitrogens is 1. The molecule has 2 aromatic rings. The normalized spacial score (nSPS) is 9.78. The average molecular weight is 258 g/mol. The maximum atomic E-state index is 11.5. The van der Waals surface area contributed by atoms with E-state index in [2.05, 4.69) is 11.1 Å². The van der Waals surface area contributed by atoms with E-state index in [1.807, 2.05) is 12.1 Å². The molecule has 0 fully saturated rings. The Balaban J connectivity index is 2.24. The molecule has 90 valence electrons. The van der Waals surface area contributed by atoms with Crippen molar-refractivity contribution in [2.45, 2.75) is 6.92 Å². The topological polar surface area (TPSA) is 63.0 Å². The van der Waals surface area contributed by atoms with Crippen LogP contribution in [0.2, 0.25) is 0 Å². The average Bonchev–Trinajstić information content (AvgIpc) is 2.89. The predicted octanol–water partition coefficient (Wildman–Crippen LogP) is 2.86. The minimum atomic E-state index is -0.409. The van der Waals surface area contributed by atoms with E-state index in [4.69, 9.17) is 10.00 Å². The fraction of sp³-hybridized carbons (Fsp3) is 0.154. The van der Waals surface area contributed by atoms with Crippen LogP contribution in [-0.2, 0) is 4.74 Å². The molecular weight excluding hydrogens is 248 g/mol. The molecule has 0 atom stereocenters. The first kappa shape index (κ1) is 12.3. The number of carbonyl (C=O) groups excluding carboxylic acids is 1. The molecule has 0 unspecified atom stereocenters. The molecule has 5 heteroatoms. The second-order valence-electron chi connectivity index (χ2n) is 3.45. The molecule has 0 radical (unpaired) electrons. The van der Waals surface area contributed by atoms with Crippen LogP contribution in [0.5, 0.6) is 0 Å². The third kappa shape index (κ3) is 2.55. The molecule has 1 heterocycles. The van der Waals surface area contributed by atoms with E-state index in [0.717, 1.165) is 10.6 Å². The van der Waals surface area contributed by atoms with Gasteiger partial charge < -0.3 is 4.74 Å². The van der Waals surface area contributed by atoms with E-state index in [0.29, 0.717) is 17.9 Å². The van der Waals surface area contributed by atoms with Crippen LogP contribution < -0.4 is 0 Å². The zero-order valence-electron chi connectivity index (χ0n) is 9.71. The van der Waals surface area contributed by atoms with Crippen LogP contribution in [0.4, 0.5) is 0 Å². The van der Waals surface area contributed by atoms with Gasteiger partial charge in [-0.25, -0.2) is 9.78 Å². The lowest BCUT2D eigenvalue weighted by molar-refractivity contribution is 0.0520. The fourth-order valence-corrected chi connectivity index (χ4v) is 2.19. The first-order valence-electron chi connectivity index (χ1n) is 5.37. The second-order valence-corrected chi connectivity index (χ2v) is 4.31. The van der Waals surface area contributed by atoms with Crippen molar-refractivity contribution < 1.29 is 9.53 Å². The monoisotopic (exact) mass is 258 g/mol. The summed E-state index contributed by atoms with van der Waals surface area (Å²) in [5.74, 6) is -0.409. The smallest absolute Gasteiger partial charge is 0.357 e. The van der Waals surface area contributed by atoms with E-state index in [9.17, 15) is 4.79 Å². The van der Waals surface area contributed by atoms with Crippen molar-refractivity contribution in [3.63, 3.8) is 0 Å². The van der Waals surface area contributed by atoms with Gasteiger partial charge in [0.15, 0.2) is 5.69 Å². The molecule has 0 saturated heterocycles. The molecule has 0 aliphatic carbocycles. The van der Waals surface area contributed by atoms with Crippen molar-refractivity contribution in [2.75, 3.05) is 6.61 Å². The number of nitrogens with zero attached hydrogens (tertiary/aromatic N) is 2. The van der Waals surface area contributed by atoms with E-state index < -0.39 is 5.97 Å². The maximum absolute atomic E-state index is 11.5. The zero-order chi connectivity index (χ0) is 13.0. The third-order valence-electron chi connectivity index (χ3n) is 2.25. The molecular formula is C13H10N2O2S. The molecule has 2 rings (SSSR count). The number of rotatable bonds is 3. The Kier molecular flexibility index (Phi) is 3.70. The third-order valence-corrected chi connectivity index (χ3v) is 3.14. The Bertz CT molecular complexity index is 596. The van der Waals surface area contributed by atoms with Gasteiger partial charge in [-0.05, 0) is 19.1 Å². The van der Waals surface area contributed by atoms with Crippen LogP contribution >= 0.6 is 11.3 Å².